The van der Waals surface area contributed by atoms with Crippen LogP contribution in [-0.2, 0) is 6.61 Å². The van der Waals surface area contributed by atoms with Crippen LogP contribution in [-0.4, -0.2) is 29.6 Å². The van der Waals surface area contributed by atoms with Crippen molar-refractivity contribution in [3.8, 4) is 0 Å². The molecule has 0 aromatic heterocycles. The zero-order chi connectivity index (χ0) is 12.3. The zero-order valence-electron chi connectivity index (χ0n) is 10.1. The van der Waals surface area contributed by atoms with E-state index < -0.39 is 7.12 Å². The molecular formula is C11H18B2O3. The molecule has 86 valence electrons. The molecule has 1 aromatic carbocycles. The van der Waals surface area contributed by atoms with Gasteiger partial charge in [-0.25, -0.2) is 0 Å². The summed E-state index contributed by atoms with van der Waals surface area (Å²) in [6.45, 7) is 6.20. The maximum Gasteiger partial charge on any atom is 0.488 e. The molecule has 0 fully saturated rings. The predicted molar refractivity (Wildman–Crippen MR) is 68.7 cm³/mol. The number of aliphatic hydroxyl groups is 1. The van der Waals surface area contributed by atoms with Crippen molar-refractivity contribution in [2.24, 2.45) is 0 Å². The van der Waals surface area contributed by atoms with Crippen LogP contribution in [0.15, 0.2) is 18.2 Å². The first-order chi connectivity index (χ1) is 7.33. The van der Waals surface area contributed by atoms with Gasteiger partial charge in [0, 0.05) is 0 Å². The molecule has 0 aliphatic carbocycles. The molecule has 3 N–H and O–H groups in total. The van der Waals surface area contributed by atoms with Crippen LogP contribution in [0.4, 0.5) is 0 Å². The third-order valence-electron chi connectivity index (χ3n) is 2.39. The molecule has 0 radical (unpaired) electrons. The third kappa shape index (κ3) is 3.67. The van der Waals surface area contributed by atoms with Gasteiger partial charge in [-0.2, -0.15) is 0 Å². The molecule has 1 aromatic rings. The van der Waals surface area contributed by atoms with Gasteiger partial charge in [0.15, 0.2) is 7.28 Å². The fourth-order valence-electron chi connectivity index (χ4n) is 1.75. The van der Waals surface area contributed by atoms with Crippen LogP contribution in [0.5, 0.6) is 0 Å². The van der Waals surface area contributed by atoms with Gasteiger partial charge in [0.05, 0.1) is 6.61 Å². The highest BCUT2D eigenvalue weighted by atomic mass is 16.4. The predicted octanol–water partition coefficient (Wildman–Crippen LogP) is -0.861. The molecular weight excluding hydrogens is 202 g/mol. The molecule has 3 nitrogen and oxygen atoms in total. The largest absolute Gasteiger partial charge is 0.488 e. The third-order valence-corrected chi connectivity index (χ3v) is 2.39. The molecule has 0 atom stereocenters. The van der Waals surface area contributed by atoms with E-state index in [-0.39, 0.29) is 11.9 Å². The van der Waals surface area contributed by atoms with Gasteiger partial charge in [0.1, 0.15) is 0 Å². The Morgan fingerprint density at radius 1 is 1.25 bits per heavy atom. The Kier molecular flexibility index (Phi) is 4.19. The van der Waals surface area contributed by atoms with Crippen LogP contribution in [0, 0.1) is 0 Å². The summed E-state index contributed by atoms with van der Waals surface area (Å²) >= 11 is 0. The van der Waals surface area contributed by atoms with Gasteiger partial charge in [0.25, 0.3) is 0 Å². The van der Waals surface area contributed by atoms with E-state index in [0.29, 0.717) is 11.0 Å². The second-order valence-electron chi connectivity index (χ2n) is 5.30. The maximum atomic E-state index is 9.20. The van der Waals surface area contributed by atoms with Crippen molar-refractivity contribution in [3.63, 3.8) is 0 Å². The maximum absolute atomic E-state index is 9.20. The Labute approximate surface area is 97.5 Å². The fourth-order valence-corrected chi connectivity index (χ4v) is 1.75. The second kappa shape index (κ2) is 5.04. The summed E-state index contributed by atoms with van der Waals surface area (Å²) in [6, 6.07) is 5.42. The van der Waals surface area contributed by atoms with Crippen molar-refractivity contribution in [2.45, 2.75) is 32.7 Å². The van der Waals surface area contributed by atoms with Crippen LogP contribution < -0.4 is 10.9 Å². The van der Waals surface area contributed by atoms with Gasteiger partial charge in [-0.1, -0.05) is 49.7 Å². The molecule has 1 rings (SSSR count). The van der Waals surface area contributed by atoms with Crippen LogP contribution in [0.3, 0.4) is 0 Å². The van der Waals surface area contributed by atoms with Gasteiger partial charge < -0.3 is 15.2 Å². The van der Waals surface area contributed by atoms with Gasteiger partial charge in [-0.3, -0.25) is 0 Å². The summed E-state index contributed by atoms with van der Waals surface area (Å²) in [7, 11) is -0.666. The molecule has 0 heterocycles. The Hall–Kier alpha value is -0.770. The SMILES string of the molecule is CC(C)(C)Bc1ccc(CO)c(B(O)O)c1. The van der Waals surface area contributed by atoms with Crippen LogP contribution in [0.2, 0.25) is 5.31 Å². The summed E-state index contributed by atoms with van der Waals surface area (Å²) in [4.78, 5) is 0. The lowest BCUT2D eigenvalue weighted by molar-refractivity contribution is 0.282. The molecule has 0 saturated heterocycles. The van der Waals surface area contributed by atoms with Crippen molar-refractivity contribution in [2.75, 3.05) is 0 Å². The van der Waals surface area contributed by atoms with Gasteiger partial charge in [-0.15, -0.1) is 0 Å². The van der Waals surface area contributed by atoms with Crippen molar-refractivity contribution >= 4 is 25.3 Å². The molecule has 0 amide bonds. The summed E-state index contributed by atoms with van der Waals surface area (Å²) < 4.78 is 0. The molecule has 0 unspecified atom stereocenters. The van der Waals surface area contributed by atoms with E-state index in [1.165, 1.54) is 0 Å². The minimum atomic E-state index is -1.53. The van der Waals surface area contributed by atoms with Crippen LogP contribution >= 0.6 is 0 Å². The van der Waals surface area contributed by atoms with E-state index in [4.69, 9.17) is 5.11 Å². The minimum absolute atomic E-state index is 0.151. The Morgan fingerprint density at radius 3 is 2.31 bits per heavy atom. The molecule has 5 heteroatoms. The van der Waals surface area contributed by atoms with Crippen molar-refractivity contribution in [1.82, 2.24) is 0 Å². The summed E-state index contributed by atoms with van der Waals surface area (Å²) in [5.74, 6) is 0. The monoisotopic (exact) mass is 220 g/mol. The van der Waals surface area contributed by atoms with E-state index in [9.17, 15) is 10.0 Å². The normalized spacial score (nSPS) is 11.4. The van der Waals surface area contributed by atoms with Gasteiger partial charge in [0.2, 0.25) is 0 Å². The van der Waals surface area contributed by atoms with E-state index in [2.05, 4.69) is 20.8 Å². The number of hydrogen-bond acceptors (Lipinski definition) is 3. The minimum Gasteiger partial charge on any atom is -0.423 e. The van der Waals surface area contributed by atoms with E-state index in [1.54, 1.807) is 12.1 Å². The first-order valence-corrected chi connectivity index (χ1v) is 5.42. The van der Waals surface area contributed by atoms with E-state index in [0.717, 1.165) is 12.7 Å². The van der Waals surface area contributed by atoms with Crippen molar-refractivity contribution in [1.29, 1.82) is 0 Å². The molecule has 0 aliphatic rings. The smallest absolute Gasteiger partial charge is 0.423 e. The van der Waals surface area contributed by atoms with Gasteiger partial charge in [-0.05, 0) is 11.0 Å². The van der Waals surface area contributed by atoms with Gasteiger partial charge >= 0.3 is 7.12 Å². The number of hydrogen-bond donors (Lipinski definition) is 3. The van der Waals surface area contributed by atoms with Crippen molar-refractivity contribution < 1.29 is 15.2 Å². The molecule has 0 bridgehead atoms. The van der Waals surface area contributed by atoms with Crippen LogP contribution in [0.25, 0.3) is 0 Å². The fraction of sp³-hybridized carbons (Fsp3) is 0.455. The Morgan fingerprint density at radius 2 is 1.88 bits per heavy atom. The van der Waals surface area contributed by atoms with Crippen molar-refractivity contribution in [3.05, 3.63) is 23.8 Å². The lowest BCUT2D eigenvalue weighted by Crippen LogP contribution is -2.37. The standard InChI is InChI=1S/C11H18B2O3/c1-11(2,3)12-9-5-4-8(7-14)10(6-9)13(15)16/h4-6,12,14-16H,7H2,1-3H3. The average molecular weight is 220 g/mol. The highest BCUT2D eigenvalue weighted by molar-refractivity contribution is 6.62. The Balaban J connectivity index is 3.02. The Bertz CT molecular complexity index is 359. The topological polar surface area (TPSA) is 60.7 Å². The summed E-state index contributed by atoms with van der Waals surface area (Å²) in [6.07, 6.45) is 0. The number of rotatable bonds is 3. The summed E-state index contributed by atoms with van der Waals surface area (Å²) in [5, 5.41) is 27.6. The second-order valence-corrected chi connectivity index (χ2v) is 5.30. The molecule has 0 aliphatic heterocycles. The van der Waals surface area contributed by atoms with E-state index in [1.807, 2.05) is 6.07 Å². The highest BCUT2D eigenvalue weighted by Crippen LogP contribution is 2.19. The number of benzene rings is 1. The zero-order valence-corrected chi connectivity index (χ0v) is 10.1. The lowest BCUT2D eigenvalue weighted by Gasteiger charge is -2.17. The quantitative estimate of drug-likeness (QED) is 0.580. The first kappa shape index (κ1) is 13.3. The summed E-state index contributed by atoms with van der Waals surface area (Å²) in [5.41, 5.74) is 2.00. The van der Waals surface area contributed by atoms with Crippen LogP contribution in [0.1, 0.15) is 26.3 Å². The highest BCUT2D eigenvalue weighted by Gasteiger charge is 2.19. The number of aliphatic hydroxyl groups excluding tert-OH is 1. The lowest BCUT2D eigenvalue weighted by atomic mass is 9.50. The van der Waals surface area contributed by atoms with E-state index >= 15 is 0 Å². The average Bonchev–Trinajstić information content (AvgIpc) is 2.15. The first-order valence-electron chi connectivity index (χ1n) is 5.42. The molecule has 0 spiro atoms. The molecule has 0 saturated carbocycles. The molecule has 16 heavy (non-hydrogen) atoms.